The topological polar surface area (TPSA) is 17.1 Å². The van der Waals surface area contributed by atoms with E-state index in [-0.39, 0.29) is 5.43 Å². The Morgan fingerprint density at radius 2 is 2.00 bits per heavy atom. The highest BCUT2D eigenvalue weighted by atomic mass is 16.1. The highest BCUT2D eigenvalue weighted by Gasteiger charge is 1.90. The lowest BCUT2D eigenvalue weighted by Crippen LogP contribution is -1.87. The van der Waals surface area contributed by atoms with Crippen LogP contribution in [0.2, 0.25) is 0 Å². The van der Waals surface area contributed by atoms with E-state index in [4.69, 9.17) is 0 Å². The van der Waals surface area contributed by atoms with Crippen molar-refractivity contribution in [2.75, 3.05) is 0 Å². The third-order valence-corrected chi connectivity index (χ3v) is 1.85. The molecule has 1 rings (SSSR count). The average Bonchev–Trinajstić information content (AvgIpc) is 2.29. The number of hydrogen-bond donors (Lipinski definition) is 0. The third kappa shape index (κ3) is 2.06. The molecule has 0 heterocycles. The molecule has 0 aromatic heterocycles. The summed E-state index contributed by atoms with van der Waals surface area (Å²) >= 11 is 0. The second-order valence-electron chi connectivity index (χ2n) is 2.69. The molecule has 62 valence electrons. The smallest absolute Gasteiger partial charge is 0.178 e. The normalized spacial score (nSPS) is 11.3. The molecular weight excluding hydrogens is 148 g/mol. The Hall–Kier alpha value is -1.37. The molecule has 0 saturated carbocycles. The van der Waals surface area contributed by atoms with Gasteiger partial charge in [0.15, 0.2) is 5.43 Å². The molecule has 0 atom stereocenters. The van der Waals surface area contributed by atoms with Gasteiger partial charge in [-0.25, -0.2) is 0 Å². The fraction of sp³-hybridized carbons (Fsp3) is 0.182. The minimum atomic E-state index is 0.0464. The van der Waals surface area contributed by atoms with Gasteiger partial charge in [-0.3, -0.25) is 4.79 Å². The summed E-state index contributed by atoms with van der Waals surface area (Å²) in [5.74, 6) is 0. The highest BCUT2D eigenvalue weighted by Crippen LogP contribution is 2.09. The largest absolute Gasteiger partial charge is 0.290 e. The molecule has 0 fully saturated rings. The first kappa shape index (κ1) is 8.72. The lowest BCUT2D eigenvalue weighted by molar-refractivity contribution is 1.57. The molecule has 12 heavy (non-hydrogen) atoms. The molecule has 1 aromatic carbocycles. The van der Waals surface area contributed by atoms with Crippen molar-refractivity contribution >= 4 is 5.57 Å². The van der Waals surface area contributed by atoms with Crippen molar-refractivity contribution in [3.8, 4) is 0 Å². The van der Waals surface area contributed by atoms with Gasteiger partial charge in [0, 0.05) is 0 Å². The van der Waals surface area contributed by atoms with Gasteiger partial charge in [-0.2, -0.15) is 0 Å². The van der Waals surface area contributed by atoms with Gasteiger partial charge in [0.2, 0.25) is 0 Å². The number of rotatable bonds is 1. The molecule has 0 radical (unpaired) electrons. The minimum absolute atomic E-state index is 0.0464. The number of allylic oxidation sites excluding steroid dienone is 2. The lowest BCUT2D eigenvalue weighted by Gasteiger charge is -1.94. The standard InChI is InChI=1S/C11H12O/c1-3-9(2)10-5-4-6-11(12)8-7-10/h3-8H,1-2H3/b9-3+. The summed E-state index contributed by atoms with van der Waals surface area (Å²) < 4.78 is 0. The average molecular weight is 160 g/mol. The summed E-state index contributed by atoms with van der Waals surface area (Å²) in [5.41, 5.74) is 2.33. The maximum atomic E-state index is 10.9. The second kappa shape index (κ2) is 3.86. The predicted octanol–water partition coefficient (Wildman–Crippen LogP) is 2.47. The van der Waals surface area contributed by atoms with Gasteiger partial charge in [0.25, 0.3) is 0 Å². The van der Waals surface area contributed by atoms with Crippen LogP contribution in [0.1, 0.15) is 19.4 Å². The molecule has 0 unspecified atom stereocenters. The predicted molar refractivity (Wildman–Crippen MR) is 52.0 cm³/mol. The van der Waals surface area contributed by atoms with E-state index in [0.29, 0.717) is 0 Å². The maximum Gasteiger partial charge on any atom is 0.178 e. The van der Waals surface area contributed by atoms with Crippen LogP contribution in [0.4, 0.5) is 0 Å². The van der Waals surface area contributed by atoms with Crippen LogP contribution in [0.25, 0.3) is 5.57 Å². The molecule has 0 saturated heterocycles. The molecule has 0 aliphatic rings. The van der Waals surface area contributed by atoms with Crippen molar-refractivity contribution in [2.24, 2.45) is 0 Å². The van der Waals surface area contributed by atoms with Crippen molar-refractivity contribution in [1.29, 1.82) is 0 Å². The summed E-state index contributed by atoms with van der Waals surface area (Å²) in [6.07, 6.45) is 2.03. The van der Waals surface area contributed by atoms with Crippen molar-refractivity contribution in [1.82, 2.24) is 0 Å². The van der Waals surface area contributed by atoms with Crippen LogP contribution in [0.15, 0.2) is 41.2 Å². The molecule has 0 amide bonds. The summed E-state index contributed by atoms with van der Waals surface area (Å²) in [7, 11) is 0. The van der Waals surface area contributed by atoms with Gasteiger partial charge < -0.3 is 0 Å². The Balaban J connectivity index is 3.23. The highest BCUT2D eigenvalue weighted by molar-refractivity contribution is 5.62. The van der Waals surface area contributed by atoms with Gasteiger partial charge in [0.05, 0.1) is 0 Å². The molecule has 0 N–H and O–H groups in total. The van der Waals surface area contributed by atoms with Crippen molar-refractivity contribution in [3.63, 3.8) is 0 Å². The Labute approximate surface area is 72.4 Å². The molecule has 0 bridgehead atoms. The van der Waals surface area contributed by atoms with Crippen molar-refractivity contribution < 1.29 is 0 Å². The first-order valence-corrected chi connectivity index (χ1v) is 3.97. The summed E-state index contributed by atoms with van der Waals surface area (Å²) in [5, 5.41) is 0. The Morgan fingerprint density at radius 1 is 1.25 bits per heavy atom. The quantitative estimate of drug-likeness (QED) is 0.616. The lowest BCUT2D eigenvalue weighted by atomic mass is 10.1. The van der Waals surface area contributed by atoms with Crippen molar-refractivity contribution in [3.05, 3.63) is 52.2 Å². The molecule has 1 aromatic rings. The Bertz CT molecular complexity index is 350. The zero-order chi connectivity index (χ0) is 8.97. The van der Waals surface area contributed by atoms with Crippen LogP contribution in [0.5, 0.6) is 0 Å². The van der Waals surface area contributed by atoms with Crippen LogP contribution >= 0.6 is 0 Å². The summed E-state index contributed by atoms with van der Waals surface area (Å²) in [6.45, 7) is 4.01. The van der Waals surface area contributed by atoms with E-state index in [9.17, 15) is 4.79 Å². The van der Waals surface area contributed by atoms with E-state index < -0.39 is 0 Å². The monoisotopic (exact) mass is 160 g/mol. The molecule has 0 spiro atoms. The van der Waals surface area contributed by atoms with E-state index in [0.717, 1.165) is 5.56 Å². The molecule has 0 aliphatic heterocycles. The zero-order valence-electron chi connectivity index (χ0n) is 7.37. The van der Waals surface area contributed by atoms with Gasteiger partial charge >= 0.3 is 0 Å². The van der Waals surface area contributed by atoms with Gasteiger partial charge in [-0.15, -0.1) is 0 Å². The van der Waals surface area contributed by atoms with E-state index >= 15 is 0 Å². The van der Waals surface area contributed by atoms with E-state index in [1.807, 2.05) is 32.1 Å². The summed E-state index contributed by atoms with van der Waals surface area (Å²) in [6, 6.07) is 8.72. The van der Waals surface area contributed by atoms with Gasteiger partial charge in [0.1, 0.15) is 0 Å². The van der Waals surface area contributed by atoms with Crippen LogP contribution in [-0.2, 0) is 0 Å². The van der Waals surface area contributed by atoms with E-state index in [1.165, 1.54) is 5.57 Å². The fourth-order valence-corrected chi connectivity index (χ4v) is 0.959. The molecular formula is C11H12O. The minimum Gasteiger partial charge on any atom is -0.290 e. The first-order chi connectivity index (χ1) is 5.74. The maximum absolute atomic E-state index is 10.9. The van der Waals surface area contributed by atoms with Crippen LogP contribution in [0, 0.1) is 0 Å². The summed E-state index contributed by atoms with van der Waals surface area (Å²) in [4.78, 5) is 10.9. The van der Waals surface area contributed by atoms with Crippen LogP contribution in [-0.4, -0.2) is 0 Å². The van der Waals surface area contributed by atoms with E-state index in [2.05, 4.69) is 0 Å². The van der Waals surface area contributed by atoms with Gasteiger partial charge in [-0.1, -0.05) is 24.3 Å². The molecule has 1 heteroatoms. The Morgan fingerprint density at radius 3 is 2.67 bits per heavy atom. The third-order valence-electron chi connectivity index (χ3n) is 1.85. The second-order valence-corrected chi connectivity index (χ2v) is 2.69. The SMILES string of the molecule is C/C=C(\C)c1cccc(=O)cc1. The fourth-order valence-electron chi connectivity index (χ4n) is 0.959. The first-order valence-electron chi connectivity index (χ1n) is 3.97. The van der Waals surface area contributed by atoms with Crippen molar-refractivity contribution in [2.45, 2.75) is 13.8 Å². The number of hydrogen-bond acceptors (Lipinski definition) is 1. The van der Waals surface area contributed by atoms with E-state index in [1.54, 1.807) is 18.2 Å². The zero-order valence-corrected chi connectivity index (χ0v) is 7.37. The van der Waals surface area contributed by atoms with Crippen LogP contribution < -0.4 is 5.43 Å². The molecule has 1 nitrogen and oxygen atoms in total. The van der Waals surface area contributed by atoms with Gasteiger partial charge in [-0.05, 0) is 37.1 Å². The molecule has 0 aliphatic carbocycles. The van der Waals surface area contributed by atoms with Crippen LogP contribution in [0.3, 0.4) is 0 Å². The Kier molecular flexibility index (Phi) is 2.81.